The molecule has 0 spiro atoms. The van der Waals surface area contributed by atoms with Crippen LogP contribution in [0.5, 0.6) is 0 Å². The minimum absolute atomic E-state index is 0.0587. The summed E-state index contributed by atoms with van der Waals surface area (Å²) in [6.45, 7) is 4.25. The van der Waals surface area contributed by atoms with Gasteiger partial charge in [-0.05, 0) is 18.9 Å². The van der Waals surface area contributed by atoms with Crippen LogP contribution in [0.1, 0.15) is 32.3 Å². The van der Waals surface area contributed by atoms with Crippen LogP contribution in [-0.4, -0.2) is 51.8 Å². The van der Waals surface area contributed by atoms with Crippen molar-refractivity contribution in [2.45, 2.75) is 39.3 Å². The summed E-state index contributed by atoms with van der Waals surface area (Å²) in [5, 5.41) is 9.05. The van der Waals surface area contributed by atoms with Crippen molar-refractivity contribution in [2.24, 2.45) is 5.92 Å². The highest BCUT2D eigenvalue weighted by Gasteiger charge is 2.37. The van der Waals surface area contributed by atoms with E-state index in [4.69, 9.17) is 5.11 Å². The molecule has 0 saturated carbocycles. The van der Waals surface area contributed by atoms with Crippen molar-refractivity contribution >= 4 is 17.8 Å². The molecule has 1 N–H and O–H groups in total. The van der Waals surface area contributed by atoms with Gasteiger partial charge in [-0.3, -0.25) is 14.4 Å². The highest BCUT2D eigenvalue weighted by atomic mass is 16.4. The van der Waals surface area contributed by atoms with Crippen LogP contribution in [0.3, 0.4) is 0 Å². The van der Waals surface area contributed by atoms with Crippen molar-refractivity contribution in [1.82, 2.24) is 9.80 Å². The van der Waals surface area contributed by atoms with E-state index in [1.165, 1.54) is 4.90 Å². The molecule has 6 nitrogen and oxygen atoms in total. The Morgan fingerprint density at radius 1 is 1.33 bits per heavy atom. The number of benzene rings is 1. The number of likely N-dealkylation sites (tertiary alicyclic amines) is 1. The van der Waals surface area contributed by atoms with E-state index in [9.17, 15) is 14.4 Å². The van der Waals surface area contributed by atoms with Gasteiger partial charge in [0.05, 0.1) is 5.92 Å². The standard InChI is InChI=1S/C18H24N2O4/c1-3-13(2)20(12-17(22)23)18(24)15-9-16(21)19(11-15)10-14-7-5-4-6-8-14/h4-8,13,15H,3,9-12H2,1-2H3,(H,22,23). The zero-order chi connectivity index (χ0) is 17.7. The molecule has 0 aliphatic carbocycles. The van der Waals surface area contributed by atoms with Gasteiger partial charge in [-0.15, -0.1) is 0 Å². The summed E-state index contributed by atoms with van der Waals surface area (Å²) >= 11 is 0. The van der Waals surface area contributed by atoms with Gasteiger partial charge in [0, 0.05) is 25.6 Å². The van der Waals surface area contributed by atoms with E-state index in [0.29, 0.717) is 19.5 Å². The van der Waals surface area contributed by atoms with Crippen molar-refractivity contribution in [3.63, 3.8) is 0 Å². The zero-order valence-corrected chi connectivity index (χ0v) is 14.1. The number of aliphatic carboxylic acids is 1. The number of hydrogen-bond donors (Lipinski definition) is 1. The second-order valence-electron chi connectivity index (χ2n) is 6.28. The normalized spacial score (nSPS) is 18.5. The Bertz CT molecular complexity index is 602. The van der Waals surface area contributed by atoms with E-state index in [2.05, 4.69) is 0 Å². The molecule has 0 radical (unpaired) electrons. The first-order valence-electron chi connectivity index (χ1n) is 8.26. The van der Waals surface area contributed by atoms with E-state index >= 15 is 0 Å². The number of carbonyl (C=O) groups excluding carboxylic acids is 2. The van der Waals surface area contributed by atoms with Gasteiger partial charge >= 0.3 is 5.97 Å². The molecule has 2 rings (SSSR count). The predicted molar refractivity (Wildman–Crippen MR) is 89.1 cm³/mol. The fraction of sp³-hybridized carbons (Fsp3) is 0.500. The first-order valence-corrected chi connectivity index (χ1v) is 8.26. The van der Waals surface area contributed by atoms with Crippen LogP contribution < -0.4 is 0 Å². The molecule has 2 atom stereocenters. The van der Waals surface area contributed by atoms with Gasteiger partial charge in [0.15, 0.2) is 0 Å². The van der Waals surface area contributed by atoms with Crippen LogP contribution in [-0.2, 0) is 20.9 Å². The lowest BCUT2D eigenvalue weighted by Crippen LogP contribution is -2.45. The predicted octanol–water partition coefficient (Wildman–Crippen LogP) is 1.75. The Kier molecular flexibility index (Phi) is 5.95. The van der Waals surface area contributed by atoms with E-state index < -0.39 is 11.9 Å². The van der Waals surface area contributed by atoms with Crippen molar-refractivity contribution in [3.8, 4) is 0 Å². The van der Waals surface area contributed by atoms with Crippen molar-refractivity contribution in [1.29, 1.82) is 0 Å². The number of rotatable bonds is 7. The number of carboxylic acids is 1. The second kappa shape index (κ2) is 7.95. The van der Waals surface area contributed by atoms with Gasteiger partial charge < -0.3 is 14.9 Å². The summed E-state index contributed by atoms with van der Waals surface area (Å²) in [4.78, 5) is 39.0. The molecule has 1 fully saturated rings. The summed E-state index contributed by atoms with van der Waals surface area (Å²) in [6.07, 6.45) is 0.825. The average Bonchev–Trinajstić information content (AvgIpc) is 2.93. The monoisotopic (exact) mass is 332 g/mol. The van der Waals surface area contributed by atoms with Gasteiger partial charge in [-0.25, -0.2) is 0 Å². The largest absolute Gasteiger partial charge is 0.480 e. The first-order chi connectivity index (χ1) is 11.4. The molecular weight excluding hydrogens is 308 g/mol. The number of nitrogens with zero attached hydrogens (tertiary/aromatic N) is 2. The van der Waals surface area contributed by atoms with Crippen LogP contribution >= 0.6 is 0 Å². The summed E-state index contributed by atoms with van der Waals surface area (Å²) < 4.78 is 0. The molecule has 0 aromatic heterocycles. The van der Waals surface area contributed by atoms with Gasteiger partial charge in [-0.1, -0.05) is 37.3 Å². The van der Waals surface area contributed by atoms with Crippen LogP contribution in [0.2, 0.25) is 0 Å². The maximum Gasteiger partial charge on any atom is 0.323 e. The topological polar surface area (TPSA) is 77.9 Å². The van der Waals surface area contributed by atoms with Crippen LogP contribution in [0.15, 0.2) is 30.3 Å². The van der Waals surface area contributed by atoms with Gasteiger partial charge in [-0.2, -0.15) is 0 Å². The van der Waals surface area contributed by atoms with E-state index in [1.54, 1.807) is 4.90 Å². The Balaban J connectivity index is 2.05. The molecule has 1 saturated heterocycles. The summed E-state index contributed by atoms with van der Waals surface area (Å²) in [5.41, 5.74) is 1.02. The molecular formula is C18H24N2O4. The van der Waals surface area contributed by atoms with Crippen molar-refractivity contribution < 1.29 is 19.5 Å². The lowest BCUT2D eigenvalue weighted by Gasteiger charge is -2.29. The third-order valence-corrected chi connectivity index (χ3v) is 4.49. The Hall–Kier alpha value is -2.37. The van der Waals surface area contributed by atoms with E-state index in [1.807, 2.05) is 44.2 Å². The number of carbonyl (C=O) groups is 3. The maximum atomic E-state index is 12.7. The lowest BCUT2D eigenvalue weighted by atomic mass is 10.1. The zero-order valence-electron chi connectivity index (χ0n) is 14.1. The highest BCUT2D eigenvalue weighted by molar-refractivity contribution is 5.90. The second-order valence-corrected chi connectivity index (χ2v) is 6.28. The summed E-state index contributed by atoms with van der Waals surface area (Å²) in [6, 6.07) is 9.46. The number of carboxylic acid groups (broad SMARTS) is 1. The smallest absolute Gasteiger partial charge is 0.323 e. The van der Waals surface area contributed by atoms with E-state index in [0.717, 1.165) is 5.56 Å². The van der Waals surface area contributed by atoms with Gasteiger partial charge in [0.2, 0.25) is 11.8 Å². The lowest BCUT2D eigenvalue weighted by molar-refractivity contribution is -0.148. The summed E-state index contributed by atoms with van der Waals surface area (Å²) in [7, 11) is 0. The molecule has 1 aliphatic heterocycles. The van der Waals surface area contributed by atoms with Gasteiger partial charge in [0.1, 0.15) is 6.54 Å². The first kappa shape index (κ1) is 18.0. The molecule has 2 amide bonds. The molecule has 1 aromatic carbocycles. The van der Waals surface area contributed by atoms with Gasteiger partial charge in [0.25, 0.3) is 0 Å². The minimum atomic E-state index is -1.03. The third-order valence-electron chi connectivity index (χ3n) is 4.49. The molecule has 1 heterocycles. The van der Waals surface area contributed by atoms with Crippen molar-refractivity contribution in [2.75, 3.05) is 13.1 Å². The number of amides is 2. The molecule has 6 heteroatoms. The maximum absolute atomic E-state index is 12.7. The minimum Gasteiger partial charge on any atom is -0.480 e. The van der Waals surface area contributed by atoms with Crippen LogP contribution in [0, 0.1) is 5.92 Å². The molecule has 1 aliphatic rings. The molecule has 0 bridgehead atoms. The van der Waals surface area contributed by atoms with Crippen LogP contribution in [0.25, 0.3) is 0 Å². The molecule has 130 valence electrons. The van der Waals surface area contributed by atoms with Crippen LogP contribution in [0.4, 0.5) is 0 Å². The fourth-order valence-electron chi connectivity index (χ4n) is 2.95. The summed E-state index contributed by atoms with van der Waals surface area (Å²) in [5.74, 6) is -1.80. The average molecular weight is 332 g/mol. The highest BCUT2D eigenvalue weighted by Crippen LogP contribution is 2.23. The quantitative estimate of drug-likeness (QED) is 0.825. The molecule has 24 heavy (non-hydrogen) atoms. The molecule has 1 aromatic rings. The molecule has 2 unspecified atom stereocenters. The van der Waals surface area contributed by atoms with E-state index in [-0.39, 0.29) is 30.8 Å². The third kappa shape index (κ3) is 4.34. The Morgan fingerprint density at radius 2 is 2.00 bits per heavy atom. The SMILES string of the molecule is CCC(C)N(CC(=O)O)C(=O)C1CC(=O)N(Cc2ccccc2)C1. The number of hydrogen-bond acceptors (Lipinski definition) is 3. The Morgan fingerprint density at radius 3 is 2.58 bits per heavy atom. The fourth-order valence-corrected chi connectivity index (χ4v) is 2.95. The Labute approximate surface area is 142 Å². The van der Waals surface area contributed by atoms with Crippen molar-refractivity contribution in [3.05, 3.63) is 35.9 Å².